The first kappa shape index (κ1) is 24.5. The van der Waals surface area contributed by atoms with Crippen LogP contribution < -0.4 is 20.4 Å². The Labute approximate surface area is 215 Å². The van der Waals surface area contributed by atoms with Crippen LogP contribution in [0.3, 0.4) is 0 Å². The molecule has 3 aromatic rings. The number of nitrogens with one attached hydrogen (secondary N) is 2. The summed E-state index contributed by atoms with van der Waals surface area (Å²) in [6.45, 7) is 2.85. The van der Waals surface area contributed by atoms with E-state index >= 15 is 0 Å². The molecule has 7 nitrogen and oxygen atoms in total. The molecule has 2 aliphatic rings. The van der Waals surface area contributed by atoms with Gasteiger partial charge in [0.2, 0.25) is 5.91 Å². The van der Waals surface area contributed by atoms with Gasteiger partial charge in [0.05, 0.1) is 5.69 Å². The van der Waals surface area contributed by atoms with Crippen LogP contribution in [0.4, 0.5) is 26.2 Å². The third kappa shape index (κ3) is 5.05. The number of hydrogen-bond acceptors (Lipinski definition) is 3. The van der Waals surface area contributed by atoms with Gasteiger partial charge in [0, 0.05) is 37.3 Å². The summed E-state index contributed by atoms with van der Waals surface area (Å²) in [6, 6.07) is 17.4. The van der Waals surface area contributed by atoms with Crippen LogP contribution in [0.15, 0.2) is 60.7 Å². The summed E-state index contributed by atoms with van der Waals surface area (Å²) in [7, 11) is 0. The van der Waals surface area contributed by atoms with E-state index in [1.165, 1.54) is 22.6 Å². The number of carbonyl (C=O) groups excluding carboxylic acids is 3. The lowest BCUT2D eigenvalue weighted by Gasteiger charge is -2.24. The molecule has 190 valence electrons. The van der Waals surface area contributed by atoms with Crippen molar-refractivity contribution >= 4 is 34.9 Å². The van der Waals surface area contributed by atoms with E-state index in [-0.39, 0.29) is 42.7 Å². The highest BCUT2D eigenvalue weighted by Crippen LogP contribution is 2.32. The monoisotopic (exact) mass is 500 g/mol. The predicted octanol–water partition coefficient (Wildman–Crippen LogP) is 5.18. The SMILES string of the molecule is Cc1cc(C(=O)N2CCCCc3ccccc32)ccc1CNC(=O)N1CCC(=O)Nc2cccc(F)c21. The minimum Gasteiger partial charge on any atom is -0.334 e. The molecule has 2 aliphatic heterocycles. The maximum absolute atomic E-state index is 14.6. The fraction of sp³-hybridized carbons (Fsp3) is 0.276. The minimum absolute atomic E-state index is 0.0400. The smallest absolute Gasteiger partial charge is 0.322 e. The van der Waals surface area contributed by atoms with Crippen molar-refractivity contribution in [2.24, 2.45) is 0 Å². The summed E-state index contributed by atoms with van der Waals surface area (Å²) in [4.78, 5) is 41.6. The summed E-state index contributed by atoms with van der Waals surface area (Å²) in [5, 5.41) is 5.49. The zero-order chi connectivity index (χ0) is 25.9. The largest absolute Gasteiger partial charge is 0.334 e. The minimum atomic E-state index is -0.580. The molecule has 0 bridgehead atoms. The van der Waals surface area contributed by atoms with Crippen molar-refractivity contribution in [3.63, 3.8) is 0 Å². The summed E-state index contributed by atoms with van der Waals surface area (Å²) in [6.07, 6.45) is 3.03. The van der Waals surface area contributed by atoms with Crippen molar-refractivity contribution in [3.8, 4) is 0 Å². The van der Waals surface area contributed by atoms with Crippen LogP contribution >= 0.6 is 0 Å². The first-order valence-electron chi connectivity index (χ1n) is 12.6. The molecule has 4 amide bonds. The highest BCUT2D eigenvalue weighted by atomic mass is 19.1. The molecule has 2 N–H and O–H groups in total. The van der Waals surface area contributed by atoms with E-state index in [2.05, 4.69) is 16.7 Å². The molecule has 0 aromatic heterocycles. The van der Waals surface area contributed by atoms with E-state index in [1.807, 2.05) is 42.2 Å². The number of nitrogens with zero attached hydrogens (tertiary/aromatic N) is 2. The molecular weight excluding hydrogens is 471 g/mol. The number of benzene rings is 3. The average molecular weight is 501 g/mol. The Hall–Kier alpha value is -4.20. The Balaban J connectivity index is 1.31. The fourth-order valence-corrected chi connectivity index (χ4v) is 4.98. The molecule has 5 rings (SSSR count). The van der Waals surface area contributed by atoms with E-state index in [9.17, 15) is 18.8 Å². The molecule has 0 spiro atoms. The number of halogens is 1. The van der Waals surface area contributed by atoms with Crippen molar-refractivity contribution in [1.29, 1.82) is 0 Å². The van der Waals surface area contributed by atoms with Gasteiger partial charge in [-0.25, -0.2) is 9.18 Å². The van der Waals surface area contributed by atoms with Crippen LogP contribution in [-0.4, -0.2) is 30.9 Å². The van der Waals surface area contributed by atoms with Crippen LogP contribution in [0, 0.1) is 12.7 Å². The lowest BCUT2D eigenvalue weighted by atomic mass is 10.0. The number of para-hydroxylation sites is 2. The van der Waals surface area contributed by atoms with Crippen molar-refractivity contribution in [2.75, 3.05) is 28.2 Å². The predicted molar refractivity (Wildman–Crippen MR) is 141 cm³/mol. The molecule has 0 radical (unpaired) electrons. The first-order valence-corrected chi connectivity index (χ1v) is 12.6. The van der Waals surface area contributed by atoms with E-state index in [1.54, 1.807) is 12.1 Å². The summed E-state index contributed by atoms with van der Waals surface area (Å²) >= 11 is 0. The molecule has 3 aromatic carbocycles. The van der Waals surface area contributed by atoms with Gasteiger partial charge in [0.1, 0.15) is 11.5 Å². The number of aryl methyl sites for hydroxylation is 2. The molecule has 8 heteroatoms. The maximum Gasteiger partial charge on any atom is 0.322 e. The molecule has 0 aliphatic carbocycles. The Morgan fingerprint density at radius 2 is 1.81 bits per heavy atom. The second-order valence-electron chi connectivity index (χ2n) is 9.43. The number of fused-ring (bicyclic) bond motifs is 2. The average Bonchev–Trinajstić information content (AvgIpc) is 3.21. The number of amides is 4. The Morgan fingerprint density at radius 3 is 2.65 bits per heavy atom. The van der Waals surface area contributed by atoms with E-state index < -0.39 is 11.8 Å². The van der Waals surface area contributed by atoms with Crippen LogP contribution in [0.1, 0.15) is 46.3 Å². The lowest BCUT2D eigenvalue weighted by molar-refractivity contribution is -0.115. The van der Waals surface area contributed by atoms with Gasteiger partial charge in [-0.3, -0.25) is 14.5 Å². The van der Waals surface area contributed by atoms with Crippen LogP contribution in [0.2, 0.25) is 0 Å². The molecule has 0 unspecified atom stereocenters. The third-order valence-corrected chi connectivity index (χ3v) is 6.96. The highest BCUT2D eigenvalue weighted by Gasteiger charge is 2.27. The van der Waals surface area contributed by atoms with Gasteiger partial charge in [-0.1, -0.05) is 30.3 Å². The molecule has 0 fully saturated rings. The Morgan fingerprint density at radius 1 is 0.973 bits per heavy atom. The third-order valence-electron chi connectivity index (χ3n) is 6.96. The fourth-order valence-electron chi connectivity index (χ4n) is 4.98. The Kier molecular flexibility index (Phi) is 6.90. The highest BCUT2D eigenvalue weighted by molar-refractivity contribution is 6.07. The second-order valence-corrected chi connectivity index (χ2v) is 9.43. The molecule has 0 atom stereocenters. The van der Waals surface area contributed by atoms with Gasteiger partial charge in [-0.2, -0.15) is 0 Å². The molecular formula is C29H29FN4O3. The van der Waals surface area contributed by atoms with Gasteiger partial charge in [-0.05, 0) is 73.2 Å². The maximum atomic E-state index is 14.6. The molecule has 37 heavy (non-hydrogen) atoms. The normalized spacial score (nSPS) is 15.1. The number of urea groups is 1. The van der Waals surface area contributed by atoms with Gasteiger partial charge < -0.3 is 15.5 Å². The van der Waals surface area contributed by atoms with Crippen LogP contribution in [0.25, 0.3) is 0 Å². The second kappa shape index (κ2) is 10.4. The van der Waals surface area contributed by atoms with Crippen molar-refractivity contribution in [2.45, 2.75) is 39.2 Å². The van der Waals surface area contributed by atoms with Gasteiger partial charge in [-0.15, -0.1) is 0 Å². The van der Waals surface area contributed by atoms with E-state index in [0.717, 1.165) is 36.1 Å². The molecule has 0 saturated heterocycles. The number of rotatable bonds is 3. The van der Waals surface area contributed by atoms with Gasteiger partial charge in [0.15, 0.2) is 0 Å². The zero-order valence-corrected chi connectivity index (χ0v) is 20.7. The van der Waals surface area contributed by atoms with Crippen molar-refractivity contribution < 1.29 is 18.8 Å². The standard InChI is InChI=1S/C29H29FN4O3/c1-19-17-21(28(36)33-15-5-4-8-20-7-2-3-11-25(20)33)12-13-22(19)18-31-29(37)34-16-14-26(35)32-24-10-6-9-23(30)27(24)34/h2-3,6-7,9-13,17H,4-5,8,14-16,18H2,1H3,(H,31,37)(H,32,35). The van der Waals surface area contributed by atoms with E-state index in [4.69, 9.17) is 0 Å². The topological polar surface area (TPSA) is 81.8 Å². The van der Waals surface area contributed by atoms with Crippen molar-refractivity contribution in [3.05, 3.63) is 88.7 Å². The van der Waals surface area contributed by atoms with Crippen LogP contribution in [0.5, 0.6) is 0 Å². The summed E-state index contributed by atoms with van der Waals surface area (Å²) in [5.74, 6) is -0.892. The zero-order valence-electron chi connectivity index (χ0n) is 20.7. The van der Waals surface area contributed by atoms with Crippen LogP contribution in [-0.2, 0) is 17.8 Å². The van der Waals surface area contributed by atoms with Gasteiger partial charge >= 0.3 is 6.03 Å². The summed E-state index contributed by atoms with van der Waals surface area (Å²) < 4.78 is 14.6. The quantitative estimate of drug-likeness (QED) is 0.520. The molecule has 0 saturated carbocycles. The molecule has 2 heterocycles. The first-order chi connectivity index (χ1) is 17.9. The van der Waals surface area contributed by atoms with Gasteiger partial charge in [0.25, 0.3) is 5.91 Å². The lowest BCUT2D eigenvalue weighted by Crippen LogP contribution is -2.40. The number of hydrogen-bond donors (Lipinski definition) is 2. The Bertz CT molecular complexity index is 1370. The van der Waals surface area contributed by atoms with E-state index in [0.29, 0.717) is 12.1 Å². The van der Waals surface area contributed by atoms with Crippen molar-refractivity contribution in [1.82, 2.24) is 5.32 Å². The number of anilines is 3. The summed E-state index contributed by atoms with van der Waals surface area (Å²) in [5.41, 5.74) is 4.79. The number of carbonyl (C=O) groups is 3.